The van der Waals surface area contributed by atoms with E-state index in [1.807, 2.05) is 36.4 Å². The fraction of sp³-hybridized carbons (Fsp3) is 0. The average molecular weight is 869 g/mol. The summed E-state index contributed by atoms with van der Waals surface area (Å²) in [5.74, 6) is 1.77. The predicted octanol–water partition coefficient (Wildman–Crippen LogP) is 16.5. The maximum absolute atomic E-state index is 7.08. The second kappa shape index (κ2) is 16.4. The van der Waals surface area contributed by atoms with Crippen LogP contribution in [-0.2, 0) is 0 Å². The van der Waals surface area contributed by atoms with Crippen LogP contribution in [-0.4, -0.2) is 19.5 Å². The molecule has 0 fully saturated rings. The molecular weight excluding hydrogens is 829 g/mol. The van der Waals surface area contributed by atoms with E-state index in [4.69, 9.17) is 19.4 Å². The minimum Gasteiger partial charge on any atom is -0.455 e. The van der Waals surface area contributed by atoms with Crippen LogP contribution in [0.4, 0.5) is 0 Å². The van der Waals surface area contributed by atoms with Crippen molar-refractivity contribution >= 4 is 43.7 Å². The molecule has 0 aliphatic heterocycles. The first-order valence-corrected chi connectivity index (χ1v) is 22.9. The second-order valence-corrected chi connectivity index (χ2v) is 17.1. The number of hydrogen-bond donors (Lipinski definition) is 0. The Balaban J connectivity index is 1.08. The molecule has 3 heterocycles. The number of para-hydroxylation sites is 3. The normalized spacial score (nSPS) is 11.5. The van der Waals surface area contributed by atoms with Crippen molar-refractivity contribution in [1.29, 1.82) is 0 Å². The van der Waals surface area contributed by atoms with Crippen molar-refractivity contribution < 1.29 is 4.42 Å². The highest BCUT2D eigenvalue weighted by Crippen LogP contribution is 2.46. The highest BCUT2D eigenvalue weighted by molar-refractivity contribution is 6.25. The molecule has 0 atom stereocenters. The van der Waals surface area contributed by atoms with Gasteiger partial charge in [-0.25, -0.2) is 15.0 Å². The third-order valence-electron chi connectivity index (χ3n) is 13.1. The maximum Gasteiger partial charge on any atom is 0.164 e. The highest BCUT2D eigenvalue weighted by Gasteiger charge is 2.24. The molecule has 13 aromatic rings. The van der Waals surface area contributed by atoms with Gasteiger partial charge < -0.3 is 8.98 Å². The Labute approximate surface area is 392 Å². The molecule has 5 nitrogen and oxygen atoms in total. The Morgan fingerprint density at radius 3 is 1.47 bits per heavy atom. The molecule has 68 heavy (non-hydrogen) atoms. The summed E-state index contributed by atoms with van der Waals surface area (Å²) in [4.78, 5) is 15.7. The first-order valence-electron chi connectivity index (χ1n) is 22.9. The van der Waals surface area contributed by atoms with Crippen molar-refractivity contribution in [1.82, 2.24) is 19.5 Å². The van der Waals surface area contributed by atoms with E-state index in [1.165, 1.54) is 21.9 Å². The van der Waals surface area contributed by atoms with Crippen LogP contribution in [0.2, 0.25) is 0 Å². The van der Waals surface area contributed by atoms with Crippen molar-refractivity contribution in [2.45, 2.75) is 0 Å². The molecule has 0 spiro atoms. The second-order valence-electron chi connectivity index (χ2n) is 17.1. The summed E-state index contributed by atoms with van der Waals surface area (Å²) < 4.78 is 9.46. The van der Waals surface area contributed by atoms with Crippen LogP contribution < -0.4 is 0 Å². The summed E-state index contributed by atoms with van der Waals surface area (Å²) in [6, 6.07) is 85.1. The van der Waals surface area contributed by atoms with Crippen LogP contribution in [0.3, 0.4) is 0 Å². The SMILES string of the molecule is c1ccc(-c2nc(-c3ccccc3)nc(-c3cc(-c4ccc(-c5ccccc5)c(-c5ccccc5)c4)ccc3-c3cccc4c3oc3ccc5c6ccccc6n(-c6ccccc6)c5c34)n2)cc1. The molecule has 0 amide bonds. The lowest BCUT2D eigenvalue weighted by Gasteiger charge is -2.16. The first kappa shape index (κ1) is 39.2. The van der Waals surface area contributed by atoms with Crippen molar-refractivity contribution in [3.05, 3.63) is 243 Å². The van der Waals surface area contributed by atoms with E-state index in [1.54, 1.807) is 0 Å². The molecule has 318 valence electrons. The van der Waals surface area contributed by atoms with E-state index >= 15 is 0 Å². The molecule has 0 unspecified atom stereocenters. The summed E-state index contributed by atoms with van der Waals surface area (Å²) in [5, 5.41) is 4.48. The van der Waals surface area contributed by atoms with Gasteiger partial charge in [0.1, 0.15) is 11.2 Å². The molecule has 13 rings (SSSR count). The summed E-state index contributed by atoms with van der Waals surface area (Å²) in [6.45, 7) is 0. The molecule has 0 radical (unpaired) electrons. The van der Waals surface area contributed by atoms with E-state index in [9.17, 15) is 0 Å². The van der Waals surface area contributed by atoms with Crippen LogP contribution in [0.25, 0.3) is 128 Å². The minimum absolute atomic E-state index is 0.568. The standard InChI is InChI=1S/C63H40N4O/c1-6-19-41(20-7-1)48-35-33-45(39-54(48)42-21-8-2-9-22-42)46-34-36-49(55(40-46)63-65-61(43-23-10-3-11-24-43)64-62(66-63)44-25-12-4-13-26-44)52-30-18-31-53-58-57(68-60(52)53)38-37-51-50-29-16-17-32-56(50)67(59(51)58)47-27-14-5-15-28-47/h1-40H. The zero-order chi connectivity index (χ0) is 45.0. The number of rotatable bonds is 8. The number of aromatic nitrogens is 4. The fourth-order valence-corrected chi connectivity index (χ4v) is 9.92. The van der Waals surface area contributed by atoms with Gasteiger partial charge >= 0.3 is 0 Å². The molecule has 0 aliphatic rings. The number of hydrogen-bond acceptors (Lipinski definition) is 4. The summed E-state index contributed by atoms with van der Waals surface area (Å²) in [7, 11) is 0. The quantitative estimate of drug-likeness (QED) is 0.153. The molecule has 0 saturated carbocycles. The van der Waals surface area contributed by atoms with E-state index in [-0.39, 0.29) is 0 Å². The van der Waals surface area contributed by atoms with Gasteiger partial charge in [-0.15, -0.1) is 0 Å². The van der Waals surface area contributed by atoms with Gasteiger partial charge in [-0.1, -0.05) is 200 Å². The van der Waals surface area contributed by atoms with Gasteiger partial charge in [0.2, 0.25) is 0 Å². The molecule has 0 saturated heterocycles. The van der Waals surface area contributed by atoms with Crippen LogP contribution >= 0.6 is 0 Å². The number of fused-ring (bicyclic) bond motifs is 7. The van der Waals surface area contributed by atoms with E-state index in [2.05, 4.69) is 211 Å². The topological polar surface area (TPSA) is 56.7 Å². The van der Waals surface area contributed by atoms with E-state index < -0.39 is 0 Å². The largest absolute Gasteiger partial charge is 0.455 e. The lowest BCUT2D eigenvalue weighted by Crippen LogP contribution is -2.01. The van der Waals surface area contributed by atoms with Crippen molar-refractivity contribution in [3.8, 4) is 84.4 Å². The van der Waals surface area contributed by atoms with Crippen LogP contribution in [0.1, 0.15) is 0 Å². The molecule has 3 aromatic heterocycles. The summed E-state index contributed by atoms with van der Waals surface area (Å²) in [6.07, 6.45) is 0. The van der Waals surface area contributed by atoms with Gasteiger partial charge in [0.15, 0.2) is 17.5 Å². The third kappa shape index (κ3) is 6.68. The highest BCUT2D eigenvalue weighted by atomic mass is 16.3. The minimum atomic E-state index is 0.568. The van der Waals surface area contributed by atoms with Gasteiger partial charge in [-0.05, 0) is 81.4 Å². The Morgan fingerprint density at radius 1 is 0.309 bits per heavy atom. The van der Waals surface area contributed by atoms with E-state index in [0.717, 1.165) is 88.7 Å². The molecule has 0 bridgehead atoms. The van der Waals surface area contributed by atoms with Crippen LogP contribution in [0.15, 0.2) is 247 Å². The van der Waals surface area contributed by atoms with E-state index in [0.29, 0.717) is 17.5 Å². The van der Waals surface area contributed by atoms with Crippen LogP contribution in [0, 0.1) is 0 Å². The van der Waals surface area contributed by atoms with Gasteiger partial charge in [-0.2, -0.15) is 0 Å². The smallest absolute Gasteiger partial charge is 0.164 e. The summed E-state index contributed by atoms with van der Waals surface area (Å²) >= 11 is 0. The zero-order valence-corrected chi connectivity index (χ0v) is 36.8. The molecule has 0 aliphatic carbocycles. The Kier molecular flexibility index (Phi) is 9.43. The Bertz CT molecular complexity index is 3940. The predicted molar refractivity (Wildman–Crippen MR) is 279 cm³/mol. The van der Waals surface area contributed by atoms with Crippen LogP contribution in [0.5, 0.6) is 0 Å². The van der Waals surface area contributed by atoms with Gasteiger partial charge in [0.05, 0.1) is 16.4 Å². The molecule has 5 heteroatoms. The fourth-order valence-electron chi connectivity index (χ4n) is 9.92. The van der Waals surface area contributed by atoms with Gasteiger partial charge in [-0.3, -0.25) is 0 Å². The number of nitrogens with zero attached hydrogens (tertiary/aromatic N) is 4. The maximum atomic E-state index is 7.08. The Hall–Kier alpha value is -9.19. The summed E-state index contributed by atoms with van der Waals surface area (Å²) in [5.41, 5.74) is 16.3. The number of benzene rings is 10. The zero-order valence-electron chi connectivity index (χ0n) is 36.8. The molecule has 10 aromatic carbocycles. The van der Waals surface area contributed by atoms with Crippen molar-refractivity contribution in [2.75, 3.05) is 0 Å². The average Bonchev–Trinajstić information content (AvgIpc) is 3.98. The lowest BCUT2D eigenvalue weighted by atomic mass is 9.89. The monoisotopic (exact) mass is 868 g/mol. The Morgan fingerprint density at radius 2 is 0.824 bits per heavy atom. The van der Waals surface area contributed by atoms with Gasteiger partial charge in [0, 0.05) is 44.1 Å². The third-order valence-corrected chi connectivity index (χ3v) is 13.1. The lowest BCUT2D eigenvalue weighted by molar-refractivity contribution is 0.670. The molecule has 0 N–H and O–H groups in total. The number of furan rings is 1. The first-order chi connectivity index (χ1) is 33.7. The van der Waals surface area contributed by atoms with Crippen molar-refractivity contribution in [2.24, 2.45) is 0 Å². The molecular formula is C63H40N4O. The van der Waals surface area contributed by atoms with Gasteiger partial charge in [0.25, 0.3) is 0 Å². The van der Waals surface area contributed by atoms with Crippen molar-refractivity contribution in [3.63, 3.8) is 0 Å².